The molecule has 1 fully saturated rings. The Labute approximate surface area is 143 Å². The molecule has 132 valence electrons. The van der Waals surface area contributed by atoms with Gasteiger partial charge in [0, 0.05) is 13.2 Å². The van der Waals surface area contributed by atoms with Crippen molar-refractivity contribution < 1.29 is 14.3 Å². The van der Waals surface area contributed by atoms with Gasteiger partial charge in [-0.25, -0.2) is 0 Å². The molecule has 0 spiro atoms. The number of hydrogen-bond donors (Lipinski definition) is 2. The van der Waals surface area contributed by atoms with Crippen LogP contribution < -0.4 is 15.8 Å². The van der Waals surface area contributed by atoms with Gasteiger partial charge in [-0.2, -0.15) is 0 Å². The van der Waals surface area contributed by atoms with Crippen molar-refractivity contribution in [1.29, 1.82) is 0 Å². The minimum Gasteiger partial charge on any atom is -0.496 e. The number of rotatable bonds is 7. The van der Waals surface area contributed by atoms with Crippen LogP contribution in [0.25, 0.3) is 0 Å². The summed E-state index contributed by atoms with van der Waals surface area (Å²) in [5, 5.41) is 3.04. The summed E-state index contributed by atoms with van der Waals surface area (Å²) in [5.41, 5.74) is 7.51. The molecule has 1 aromatic carbocycles. The molecule has 1 saturated carbocycles. The second kappa shape index (κ2) is 7.11. The number of nitrogens with one attached hydrogen (secondary N) is 1. The van der Waals surface area contributed by atoms with E-state index >= 15 is 0 Å². The van der Waals surface area contributed by atoms with E-state index in [-0.39, 0.29) is 5.91 Å². The molecular weight excluding hydrogens is 304 g/mol. The smallest absolute Gasteiger partial charge is 0.244 e. The molecule has 0 aromatic heterocycles. The van der Waals surface area contributed by atoms with Gasteiger partial charge in [-0.1, -0.05) is 12.1 Å². The quantitative estimate of drug-likeness (QED) is 0.802. The van der Waals surface area contributed by atoms with E-state index in [1.54, 1.807) is 7.11 Å². The summed E-state index contributed by atoms with van der Waals surface area (Å²) in [4.78, 5) is 12.7. The zero-order valence-corrected chi connectivity index (χ0v) is 14.6. The van der Waals surface area contributed by atoms with Gasteiger partial charge in [-0.3, -0.25) is 4.79 Å². The van der Waals surface area contributed by atoms with E-state index < -0.39 is 5.54 Å². The summed E-state index contributed by atoms with van der Waals surface area (Å²) < 4.78 is 11.0. The molecule has 1 atom stereocenters. The second-order valence-corrected chi connectivity index (χ2v) is 6.92. The third kappa shape index (κ3) is 3.15. The van der Waals surface area contributed by atoms with Crippen molar-refractivity contribution in [2.24, 2.45) is 11.7 Å². The first-order valence-electron chi connectivity index (χ1n) is 8.93. The van der Waals surface area contributed by atoms with Crippen molar-refractivity contribution in [2.45, 2.75) is 50.7 Å². The second-order valence-electron chi connectivity index (χ2n) is 6.92. The fourth-order valence-corrected chi connectivity index (χ4v) is 3.95. The first kappa shape index (κ1) is 17.2. The van der Waals surface area contributed by atoms with E-state index in [4.69, 9.17) is 15.2 Å². The molecule has 5 heteroatoms. The Morgan fingerprint density at radius 2 is 2.21 bits per heavy atom. The lowest BCUT2D eigenvalue weighted by atomic mass is 9.80. The highest BCUT2D eigenvalue weighted by atomic mass is 16.5. The number of nitrogens with two attached hydrogens (primary N) is 1. The summed E-state index contributed by atoms with van der Waals surface area (Å²) >= 11 is 0. The van der Waals surface area contributed by atoms with Gasteiger partial charge in [-0.15, -0.1) is 0 Å². The Morgan fingerprint density at radius 3 is 2.92 bits per heavy atom. The van der Waals surface area contributed by atoms with Crippen molar-refractivity contribution >= 4 is 5.91 Å². The average molecular weight is 332 g/mol. The third-order valence-electron chi connectivity index (χ3n) is 5.44. The Kier molecular flexibility index (Phi) is 5.11. The fourth-order valence-electron chi connectivity index (χ4n) is 3.95. The molecule has 1 unspecified atom stereocenters. The zero-order chi connectivity index (χ0) is 17.2. The first-order valence-corrected chi connectivity index (χ1v) is 8.93. The predicted octanol–water partition coefficient (Wildman–Crippen LogP) is 2.12. The molecule has 0 saturated heterocycles. The van der Waals surface area contributed by atoms with Gasteiger partial charge in [0.1, 0.15) is 11.3 Å². The monoisotopic (exact) mass is 332 g/mol. The molecule has 24 heavy (non-hydrogen) atoms. The minimum atomic E-state index is -0.933. The van der Waals surface area contributed by atoms with Crippen LogP contribution in [-0.2, 0) is 21.5 Å². The summed E-state index contributed by atoms with van der Waals surface area (Å²) in [5.74, 6) is 1.41. The molecule has 0 heterocycles. The van der Waals surface area contributed by atoms with Crippen molar-refractivity contribution in [2.75, 3.05) is 20.3 Å². The van der Waals surface area contributed by atoms with E-state index in [1.165, 1.54) is 0 Å². The normalized spacial score (nSPS) is 28.1. The molecule has 0 radical (unpaired) electrons. The zero-order valence-electron chi connectivity index (χ0n) is 14.6. The summed E-state index contributed by atoms with van der Waals surface area (Å²) in [6.07, 6.45) is 5.04. The number of carbonyl (C=O) groups excluding carboxylic acids is 1. The van der Waals surface area contributed by atoms with Gasteiger partial charge in [-0.05, 0) is 62.1 Å². The van der Waals surface area contributed by atoms with Crippen LogP contribution in [0.5, 0.6) is 5.75 Å². The maximum absolute atomic E-state index is 12.7. The van der Waals surface area contributed by atoms with Crippen LogP contribution in [0.3, 0.4) is 0 Å². The van der Waals surface area contributed by atoms with Crippen LogP contribution in [0.2, 0.25) is 0 Å². The summed E-state index contributed by atoms with van der Waals surface area (Å²) in [7, 11) is 1.65. The van der Waals surface area contributed by atoms with E-state index in [9.17, 15) is 4.79 Å². The Balaban J connectivity index is 1.53. The molecule has 1 aromatic rings. The topological polar surface area (TPSA) is 73.6 Å². The molecule has 2 aliphatic carbocycles. The van der Waals surface area contributed by atoms with Crippen molar-refractivity contribution in [1.82, 2.24) is 5.32 Å². The Morgan fingerprint density at radius 1 is 1.42 bits per heavy atom. The Bertz CT molecular complexity index is 598. The highest BCUT2D eigenvalue weighted by Gasteiger charge is 2.42. The van der Waals surface area contributed by atoms with Crippen molar-refractivity contribution in [3.63, 3.8) is 0 Å². The first-order chi connectivity index (χ1) is 11.6. The number of amides is 1. The van der Waals surface area contributed by atoms with Crippen LogP contribution in [-0.4, -0.2) is 32.3 Å². The number of hydrogen-bond acceptors (Lipinski definition) is 4. The maximum Gasteiger partial charge on any atom is 0.244 e. The fraction of sp³-hybridized carbons (Fsp3) is 0.632. The Hall–Kier alpha value is -1.59. The van der Waals surface area contributed by atoms with Gasteiger partial charge in [0.05, 0.1) is 13.2 Å². The lowest BCUT2D eigenvalue weighted by molar-refractivity contribution is -0.126. The molecule has 3 rings (SSSR count). The third-order valence-corrected chi connectivity index (χ3v) is 5.44. The van der Waals surface area contributed by atoms with Crippen LogP contribution in [0, 0.1) is 5.92 Å². The minimum absolute atomic E-state index is 0.0739. The van der Waals surface area contributed by atoms with Crippen LogP contribution in [0.4, 0.5) is 0 Å². The number of fused-ring (bicyclic) bond motifs is 1. The lowest BCUT2D eigenvalue weighted by Gasteiger charge is -2.35. The van der Waals surface area contributed by atoms with Gasteiger partial charge >= 0.3 is 0 Å². The largest absolute Gasteiger partial charge is 0.496 e. The van der Waals surface area contributed by atoms with Gasteiger partial charge in [0.2, 0.25) is 5.91 Å². The van der Waals surface area contributed by atoms with Crippen LogP contribution in [0.15, 0.2) is 18.2 Å². The summed E-state index contributed by atoms with van der Waals surface area (Å²) in [6, 6.07) is 5.77. The standard InChI is InChI=1S/C19H28N2O3/c1-3-24-14-11-13(12-14)8-10-21-18(22)19(20)9-7-15-16(19)5-4-6-17(15)23-2/h4-6,13-14H,3,7-12,20H2,1-2H3,(H,21,22). The summed E-state index contributed by atoms with van der Waals surface area (Å²) in [6.45, 7) is 3.50. The average Bonchev–Trinajstić information content (AvgIpc) is 2.91. The molecule has 5 nitrogen and oxygen atoms in total. The SMILES string of the molecule is CCOC1CC(CCNC(=O)C2(N)CCc3c(OC)cccc32)C1. The molecular formula is C19H28N2O3. The van der Waals surface area contributed by atoms with Crippen molar-refractivity contribution in [3.8, 4) is 5.75 Å². The molecule has 3 N–H and O–H groups in total. The van der Waals surface area contributed by atoms with Crippen LogP contribution in [0.1, 0.15) is 43.7 Å². The predicted molar refractivity (Wildman–Crippen MR) is 92.9 cm³/mol. The molecule has 0 aliphatic heterocycles. The van der Waals surface area contributed by atoms with E-state index in [0.717, 1.165) is 49.2 Å². The van der Waals surface area contributed by atoms with E-state index in [1.807, 2.05) is 25.1 Å². The van der Waals surface area contributed by atoms with Gasteiger partial charge in [0.15, 0.2) is 0 Å². The molecule has 1 amide bonds. The number of methoxy groups -OCH3 is 1. The molecule has 0 bridgehead atoms. The highest BCUT2D eigenvalue weighted by molar-refractivity contribution is 5.89. The maximum atomic E-state index is 12.7. The number of benzene rings is 1. The van der Waals surface area contributed by atoms with Gasteiger partial charge < -0.3 is 20.5 Å². The van der Waals surface area contributed by atoms with Crippen molar-refractivity contribution in [3.05, 3.63) is 29.3 Å². The lowest BCUT2D eigenvalue weighted by Crippen LogP contribution is -2.50. The van der Waals surface area contributed by atoms with Gasteiger partial charge in [0.25, 0.3) is 0 Å². The van der Waals surface area contributed by atoms with E-state index in [2.05, 4.69) is 5.32 Å². The number of ether oxygens (including phenoxy) is 2. The highest BCUT2D eigenvalue weighted by Crippen LogP contribution is 2.40. The molecule has 2 aliphatic rings. The van der Waals surface area contributed by atoms with Crippen LogP contribution >= 0.6 is 0 Å². The van der Waals surface area contributed by atoms with E-state index in [0.29, 0.717) is 25.0 Å². The number of carbonyl (C=O) groups is 1.